The number of piperidine rings is 1. The molecule has 1 N–H and O–H groups in total. The third-order valence-corrected chi connectivity index (χ3v) is 5.77. The Hall–Kier alpha value is -1.84. The molecular formula is C23H36N2O2. The van der Waals surface area contributed by atoms with Gasteiger partial charge >= 0.3 is 0 Å². The molecular weight excluding hydrogens is 336 g/mol. The third-order valence-electron chi connectivity index (χ3n) is 5.77. The van der Waals surface area contributed by atoms with Crippen LogP contribution in [-0.4, -0.2) is 29.8 Å². The van der Waals surface area contributed by atoms with Crippen molar-refractivity contribution < 1.29 is 9.59 Å². The number of hydrogen-bond acceptors (Lipinski definition) is 2. The van der Waals surface area contributed by atoms with Gasteiger partial charge in [0.1, 0.15) is 0 Å². The second-order valence-electron chi connectivity index (χ2n) is 8.79. The predicted octanol–water partition coefficient (Wildman–Crippen LogP) is 4.56. The Morgan fingerprint density at radius 2 is 1.63 bits per heavy atom. The van der Waals surface area contributed by atoms with Crippen LogP contribution in [0.25, 0.3) is 0 Å². The van der Waals surface area contributed by atoms with Crippen molar-refractivity contribution in [3.05, 3.63) is 35.9 Å². The second kappa shape index (κ2) is 9.38. The fourth-order valence-electron chi connectivity index (χ4n) is 3.98. The minimum atomic E-state index is -0.358. The highest BCUT2D eigenvalue weighted by atomic mass is 16.2. The van der Waals surface area contributed by atoms with Gasteiger partial charge in [-0.2, -0.15) is 0 Å². The summed E-state index contributed by atoms with van der Waals surface area (Å²) in [4.78, 5) is 27.3. The zero-order valence-electron chi connectivity index (χ0n) is 17.6. The third kappa shape index (κ3) is 5.57. The second-order valence-corrected chi connectivity index (χ2v) is 8.79. The monoisotopic (exact) mass is 372 g/mol. The molecule has 1 aliphatic rings. The lowest BCUT2D eigenvalue weighted by Crippen LogP contribution is -2.47. The number of benzene rings is 1. The van der Waals surface area contributed by atoms with Crippen LogP contribution < -0.4 is 5.32 Å². The van der Waals surface area contributed by atoms with Crippen LogP contribution in [0, 0.1) is 17.3 Å². The highest BCUT2D eigenvalue weighted by molar-refractivity contribution is 5.83. The van der Waals surface area contributed by atoms with E-state index in [-0.39, 0.29) is 29.2 Å². The highest BCUT2D eigenvalue weighted by Gasteiger charge is 2.33. The fourth-order valence-corrected chi connectivity index (χ4v) is 3.98. The van der Waals surface area contributed by atoms with E-state index in [1.807, 2.05) is 43.9 Å². The standard InChI is InChI=1S/C23H36N2O2/c1-6-17(7-2)20(18-11-9-8-10-12-18)24-21(26)19-13-15-25(16-14-19)22(27)23(3,4)5/h8-12,17,19-20H,6-7,13-16H2,1-5H3,(H,24,26). The number of carbonyl (C=O) groups excluding carboxylic acids is 2. The molecule has 0 aliphatic carbocycles. The molecule has 150 valence electrons. The lowest BCUT2D eigenvalue weighted by atomic mass is 9.87. The van der Waals surface area contributed by atoms with Crippen molar-refractivity contribution in [3.8, 4) is 0 Å². The average molecular weight is 373 g/mol. The number of rotatable bonds is 6. The Morgan fingerprint density at radius 1 is 1.07 bits per heavy atom. The molecule has 27 heavy (non-hydrogen) atoms. The zero-order valence-corrected chi connectivity index (χ0v) is 17.6. The van der Waals surface area contributed by atoms with Crippen LogP contribution in [0.15, 0.2) is 30.3 Å². The number of hydrogen-bond donors (Lipinski definition) is 1. The van der Waals surface area contributed by atoms with Gasteiger partial charge in [-0.3, -0.25) is 9.59 Å². The van der Waals surface area contributed by atoms with Crippen molar-refractivity contribution in [2.24, 2.45) is 17.3 Å². The molecule has 0 spiro atoms. The molecule has 1 fully saturated rings. The van der Waals surface area contributed by atoms with Crippen molar-refractivity contribution in [2.45, 2.75) is 66.3 Å². The summed E-state index contributed by atoms with van der Waals surface area (Å²) in [6.07, 6.45) is 3.57. The average Bonchev–Trinajstić information content (AvgIpc) is 2.67. The van der Waals surface area contributed by atoms with E-state index in [1.165, 1.54) is 5.56 Å². The van der Waals surface area contributed by atoms with Gasteiger partial charge in [0, 0.05) is 24.4 Å². The van der Waals surface area contributed by atoms with Gasteiger partial charge in [-0.05, 0) is 24.3 Å². The van der Waals surface area contributed by atoms with Crippen LogP contribution in [0.3, 0.4) is 0 Å². The van der Waals surface area contributed by atoms with Crippen molar-refractivity contribution in [3.63, 3.8) is 0 Å². The van der Waals surface area contributed by atoms with Crippen molar-refractivity contribution in [1.82, 2.24) is 10.2 Å². The SMILES string of the molecule is CCC(CC)C(NC(=O)C1CCN(C(=O)C(C)(C)C)CC1)c1ccccc1. The zero-order chi connectivity index (χ0) is 20.0. The summed E-state index contributed by atoms with van der Waals surface area (Å²) < 4.78 is 0. The van der Waals surface area contributed by atoms with E-state index in [4.69, 9.17) is 0 Å². The topological polar surface area (TPSA) is 49.4 Å². The van der Waals surface area contributed by atoms with Gasteiger partial charge in [-0.1, -0.05) is 77.8 Å². The molecule has 0 radical (unpaired) electrons. The smallest absolute Gasteiger partial charge is 0.227 e. The highest BCUT2D eigenvalue weighted by Crippen LogP contribution is 2.29. The van der Waals surface area contributed by atoms with Gasteiger partial charge in [0.25, 0.3) is 0 Å². The Balaban J connectivity index is 2.01. The molecule has 1 aliphatic heterocycles. The van der Waals surface area contributed by atoms with Crippen LogP contribution >= 0.6 is 0 Å². The fraction of sp³-hybridized carbons (Fsp3) is 0.652. The predicted molar refractivity (Wildman–Crippen MR) is 110 cm³/mol. The number of carbonyl (C=O) groups is 2. The van der Waals surface area contributed by atoms with Crippen molar-refractivity contribution in [2.75, 3.05) is 13.1 Å². The molecule has 1 unspecified atom stereocenters. The Bertz CT molecular complexity index is 609. The van der Waals surface area contributed by atoms with Crippen LogP contribution in [0.1, 0.15) is 71.9 Å². The minimum absolute atomic E-state index is 0.00501. The maximum atomic E-state index is 13.0. The summed E-state index contributed by atoms with van der Waals surface area (Å²) >= 11 is 0. The first kappa shape index (κ1) is 21.5. The molecule has 0 saturated carbocycles. The summed E-state index contributed by atoms with van der Waals surface area (Å²) in [6, 6.07) is 10.3. The van der Waals surface area contributed by atoms with E-state index in [0.717, 1.165) is 25.7 Å². The first-order valence-electron chi connectivity index (χ1n) is 10.4. The lowest BCUT2D eigenvalue weighted by molar-refractivity contribution is -0.142. The molecule has 2 rings (SSSR count). The number of nitrogens with one attached hydrogen (secondary N) is 1. The van der Waals surface area contributed by atoms with Gasteiger partial charge < -0.3 is 10.2 Å². The van der Waals surface area contributed by atoms with Crippen molar-refractivity contribution >= 4 is 11.8 Å². The van der Waals surface area contributed by atoms with E-state index in [9.17, 15) is 9.59 Å². The molecule has 1 aromatic carbocycles. The first-order chi connectivity index (χ1) is 12.8. The van der Waals surface area contributed by atoms with Crippen LogP contribution in [0.4, 0.5) is 0 Å². The van der Waals surface area contributed by atoms with Crippen LogP contribution in [0.2, 0.25) is 0 Å². The molecule has 4 heteroatoms. The van der Waals surface area contributed by atoms with Gasteiger partial charge in [0.15, 0.2) is 0 Å². The Labute approximate surface area is 164 Å². The maximum absolute atomic E-state index is 13.0. The van der Waals surface area contributed by atoms with E-state index in [1.54, 1.807) is 0 Å². The molecule has 2 amide bonds. The van der Waals surface area contributed by atoms with Crippen molar-refractivity contribution in [1.29, 1.82) is 0 Å². The lowest BCUT2D eigenvalue weighted by Gasteiger charge is -2.36. The Kier molecular flexibility index (Phi) is 7.46. The van der Waals surface area contributed by atoms with Crippen LogP contribution in [0.5, 0.6) is 0 Å². The van der Waals surface area contributed by atoms with E-state index in [0.29, 0.717) is 19.0 Å². The van der Waals surface area contributed by atoms with Gasteiger partial charge in [0.2, 0.25) is 11.8 Å². The maximum Gasteiger partial charge on any atom is 0.227 e. The van der Waals surface area contributed by atoms with E-state index < -0.39 is 0 Å². The Morgan fingerprint density at radius 3 is 2.11 bits per heavy atom. The van der Waals surface area contributed by atoms with Gasteiger partial charge in [0.05, 0.1) is 6.04 Å². The van der Waals surface area contributed by atoms with E-state index >= 15 is 0 Å². The normalized spacial score (nSPS) is 17.0. The molecule has 0 bridgehead atoms. The van der Waals surface area contributed by atoms with E-state index in [2.05, 4.69) is 31.3 Å². The van der Waals surface area contributed by atoms with Crippen LogP contribution in [-0.2, 0) is 9.59 Å². The summed E-state index contributed by atoms with van der Waals surface area (Å²) in [5.74, 6) is 0.743. The summed E-state index contributed by atoms with van der Waals surface area (Å²) in [6.45, 7) is 11.6. The quantitative estimate of drug-likeness (QED) is 0.795. The van der Waals surface area contributed by atoms with Gasteiger partial charge in [-0.15, -0.1) is 0 Å². The molecule has 4 nitrogen and oxygen atoms in total. The summed E-state index contributed by atoms with van der Waals surface area (Å²) in [5, 5.41) is 3.34. The number of nitrogens with zero attached hydrogens (tertiary/aromatic N) is 1. The number of amides is 2. The first-order valence-corrected chi connectivity index (χ1v) is 10.4. The summed E-state index contributed by atoms with van der Waals surface area (Å²) in [5.41, 5.74) is 0.822. The molecule has 0 aromatic heterocycles. The molecule has 1 aromatic rings. The largest absolute Gasteiger partial charge is 0.349 e. The molecule has 1 saturated heterocycles. The summed E-state index contributed by atoms with van der Waals surface area (Å²) in [7, 11) is 0. The molecule has 1 heterocycles. The van der Waals surface area contributed by atoms with Gasteiger partial charge in [-0.25, -0.2) is 0 Å². The molecule has 1 atom stereocenters. The number of likely N-dealkylation sites (tertiary alicyclic amines) is 1. The minimum Gasteiger partial charge on any atom is -0.349 e.